The van der Waals surface area contributed by atoms with Crippen molar-refractivity contribution in [1.29, 1.82) is 0 Å². The molecule has 0 radical (unpaired) electrons. The molecular weight excluding hydrogens is 440 g/mol. The lowest BCUT2D eigenvalue weighted by Crippen LogP contribution is -2.52. The number of aromatic nitrogens is 3. The Morgan fingerprint density at radius 2 is 2.06 bits per heavy atom. The van der Waals surface area contributed by atoms with Gasteiger partial charge >= 0.3 is 0 Å². The van der Waals surface area contributed by atoms with E-state index in [0.29, 0.717) is 37.4 Å². The number of nitrogens with one attached hydrogen (secondary N) is 1. The summed E-state index contributed by atoms with van der Waals surface area (Å²) in [4.78, 5) is 52.8. The zero-order valence-corrected chi connectivity index (χ0v) is 19.1. The fourth-order valence-corrected chi connectivity index (χ4v) is 4.71. The van der Waals surface area contributed by atoms with E-state index >= 15 is 0 Å². The molecule has 1 atom stereocenters. The monoisotopic (exact) mass is 466 g/mol. The Labute approximate surface area is 196 Å². The van der Waals surface area contributed by atoms with Gasteiger partial charge in [0.05, 0.1) is 17.5 Å². The number of benzene rings is 1. The Morgan fingerprint density at radius 1 is 1.24 bits per heavy atom. The number of imide groups is 1. The molecule has 34 heavy (non-hydrogen) atoms. The smallest absolute Gasteiger partial charge is 0.276 e. The third-order valence-corrected chi connectivity index (χ3v) is 6.41. The van der Waals surface area contributed by atoms with Crippen molar-refractivity contribution in [2.45, 2.75) is 51.3 Å². The number of hydrogen-bond acceptors (Lipinski definition) is 7. The molecule has 3 aliphatic rings. The predicted octanol–water partition coefficient (Wildman–Crippen LogP) is 0.669. The molecule has 3 aliphatic heterocycles. The van der Waals surface area contributed by atoms with Crippen molar-refractivity contribution < 1.29 is 23.9 Å². The number of carbonyl (C=O) groups is 4. The minimum absolute atomic E-state index is 0.204. The van der Waals surface area contributed by atoms with Gasteiger partial charge in [0, 0.05) is 38.2 Å². The molecule has 11 nitrogen and oxygen atoms in total. The Morgan fingerprint density at radius 3 is 2.85 bits per heavy atom. The lowest BCUT2D eigenvalue weighted by atomic mass is 10.0. The molecule has 1 unspecified atom stereocenters. The first-order chi connectivity index (χ1) is 16.2. The van der Waals surface area contributed by atoms with E-state index < -0.39 is 17.6 Å². The SMILES string of the molecule is CC1(C)CN(C(=O)c2cn(-c3ccc4c(c3)CN(C3CCC(=O)NC3=O)C4=O)nn2)CCCO1. The number of piperidine rings is 1. The summed E-state index contributed by atoms with van der Waals surface area (Å²) >= 11 is 0. The normalized spacial score (nSPS) is 22.4. The summed E-state index contributed by atoms with van der Waals surface area (Å²) in [6, 6.07) is 4.57. The first-order valence-corrected chi connectivity index (χ1v) is 11.4. The molecule has 1 aromatic heterocycles. The summed E-state index contributed by atoms with van der Waals surface area (Å²) in [5.41, 5.74) is 1.73. The second-order valence-electron chi connectivity index (χ2n) is 9.48. The van der Waals surface area contributed by atoms with Crippen LogP contribution >= 0.6 is 0 Å². The van der Waals surface area contributed by atoms with Crippen molar-refractivity contribution in [3.8, 4) is 5.69 Å². The lowest BCUT2D eigenvalue weighted by molar-refractivity contribution is -0.136. The highest BCUT2D eigenvalue weighted by Gasteiger charge is 2.39. The summed E-state index contributed by atoms with van der Waals surface area (Å²) in [5, 5.41) is 10.5. The van der Waals surface area contributed by atoms with E-state index in [1.165, 1.54) is 9.58 Å². The van der Waals surface area contributed by atoms with Crippen molar-refractivity contribution in [3.05, 3.63) is 41.2 Å². The van der Waals surface area contributed by atoms with Crippen LogP contribution in [0.5, 0.6) is 0 Å². The van der Waals surface area contributed by atoms with Gasteiger partial charge in [-0.05, 0) is 50.5 Å². The number of carbonyl (C=O) groups excluding carboxylic acids is 4. The molecule has 2 fully saturated rings. The molecule has 4 amide bonds. The van der Waals surface area contributed by atoms with E-state index in [0.717, 1.165) is 12.0 Å². The van der Waals surface area contributed by atoms with Gasteiger partial charge in [0.25, 0.3) is 11.8 Å². The van der Waals surface area contributed by atoms with Gasteiger partial charge in [0.1, 0.15) is 6.04 Å². The third-order valence-electron chi connectivity index (χ3n) is 6.41. The van der Waals surface area contributed by atoms with Crippen LogP contribution in [0, 0.1) is 0 Å². The van der Waals surface area contributed by atoms with Crippen molar-refractivity contribution in [1.82, 2.24) is 30.1 Å². The zero-order valence-electron chi connectivity index (χ0n) is 19.1. The van der Waals surface area contributed by atoms with Gasteiger partial charge in [-0.3, -0.25) is 24.5 Å². The maximum atomic E-state index is 13.0. The maximum absolute atomic E-state index is 13.0. The highest BCUT2D eigenvalue weighted by molar-refractivity contribution is 6.05. The van der Waals surface area contributed by atoms with Gasteiger partial charge in [0.15, 0.2) is 5.69 Å². The van der Waals surface area contributed by atoms with E-state index in [9.17, 15) is 19.2 Å². The first-order valence-electron chi connectivity index (χ1n) is 11.4. The fraction of sp³-hybridized carbons (Fsp3) is 0.478. The second kappa shape index (κ2) is 8.32. The molecule has 178 valence electrons. The van der Waals surface area contributed by atoms with Crippen LogP contribution in [0.3, 0.4) is 0 Å². The zero-order chi connectivity index (χ0) is 24.0. The maximum Gasteiger partial charge on any atom is 0.276 e. The van der Waals surface area contributed by atoms with Gasteiger partial charge in [-0.1, -0.05) is 5.21 Å². The Hall–Kier alpha value is -3.60. The molecular formula is C23H26N6O5. The Bertz CT molecular complexity index is 1190. The highest BCUT2D eigenvalue weighted by atomic mass is 16.5. The molecule has 0 bridgehead atoms. The number of rotatable bonds is 3. The standard InChI is InChI=1S/C23H26N6O5/c1-23(2)13-27(8-3-9-34-23)22(33)17-12-29(26-25-17)15-4-5-16-14(10-15)11-28(21(16)32)18-6-7-19(30)24-20(18)31/h4-5,10,12,18H,3,6-9,11,13H2,1-2H3,(H,24,30,31). The van der Waals surface area contributed by atoms with Crippen LogP contribution in [0.2, 0.25) is 0 Å². The van der Waals surface area contributed by atoms with Gasteiger partial charge < -0.3 is 14.5 Å². The van der Waals surface area contributed by atoms with Crippen LogP contribution in [0.25, 0.3) is 5.69 Å². The second-order valence-corrected chi connectivity index (χ2v) is 9.48. The van der Waals surface area contributed by atoms with E-state index in [2.05, 4.69) is 15.6 Å². The van der Waals surface area contributed by atoms with Crippen LogP contribution in [0.15, 0.2) is 24.4 Å². The number of hydrogen-bond donors (Lipinski definition) is 1. The number of amides is 4. The molecule has 1 N–H and O–H groups in total. The molecule has 11 heteroatoms. The summed E-state index contributed by atoms with van der Waals surface area (Å²) in [6.07, 6.45) is 2.85. The molecule has 5 rings (SSSR count). The van der Waals surface area contributed by atoms with Crippen LogP contribution < -0.4 is 5.32 Å². The number of fused-ring (bicyclic) bond motifs is 1. The van der Waals surface area contributed by atoms with E-state index in [-0.39, 0.29) is 36.4 Å². The summed E-state index contributed by atoms with van der Waals surface area (Å²) in [7, 11) is 0. The number of nitrogens with zero attached hydrogens (tertiary/aromatic N) is 5. The molecule has 2 saturated heterocycles. The van der Waals surface area contributed by atoms with Gasteiger partial charge in [0.2, 0.25) is 11.8 Å². The summed E-state index contributed by atoms with van der Waals surface area (Å²) in [6.45, 7) is 5.84. The minimum Gasteiger partial charge on any atom is -0.374 e. The van der Waals surface area contributed by atoms with E-state index in [1.54, 1.807) is 23.2 Å². The average molecular weight is 466 g/mol. The average Bonchev–Trinajstić information content (AvgIpc) is 3.35. The van der Waals surface area contributed by atoms with Crippen LogP contribution in [0.4, 0.5) is 0 Å². The summed E-state index contributed by atoms with van der Waals surface area (Å²) in [5.74, 6) is -1.21. The van der Waals surface area contributed by atoms with Crippen LogP contribution in [0.1, 0.15) is 59.5 Å². The Balaban J connectivity index is 1.34. The van der Waals surface area contributed by atoms with Gasteiger partial charge in [-0.2, -0.15) is 0 Å². The predicted molar refractivity (Wildman–Crippen MR) is 118 cm³/mol. The quantitative estimate of drug-likeness (QED) is 0.659. The topological polar surface area (TPSA) is 127 Å². The van der Waals surface area contributed by atoms with Crippen molar-refractivity contribution in [3.63, 3.8) is 0 Å². The van der Waals surface area contributed by atoms with E-state index in [4.69, 9.17) is 4.74 Å². The molecule has 2 aromatic rings. The Kier molecular flexibility index (Phi) is 5.43. The highest BCUT2D eigenvalue weighted by Crippen LogP contribution is 2.29. The van der Waals surface area contributed by atoms with Gasteiger partial charge in [-0.15, -0.1) is 5.10 Å². The first kappa shape index (κ1) is 22.2. The van der Waals surface area contributed by atoms with Crippen LogP contribution in [-0.4, -0.2) is 79.8 Å². The number of ether oxygens (including phenoxy) is 1. The molecule has 1 aromatic carbocycles. The summed E-state index contributed by atoms with van der Waals surface area (Å²) < 4.78 is 7.29. The van der Waals surface area contributed by atoms with Gasteiger partial charge in [-0.25, -0.2) is 4.68 Å². The minimum atomic E-state index is -0.668. The molecule has 0 aliphatic carbocycles. The fourth-order valence-electron chi connectivity index (χ4n) is 4.71. The van der Waals surface area contributed by atoms with Crippen molar-refractivity contribution >= 4 is 23.6 Å². The van der Waals surface area contributed by atoms with Crippen molar-refractivity contribution in [2.24, 2.45) is 0 Å². The third kappa shape index (κ3) is 4.07. The van der Waals surface area contributed by atoms with Crippen LogP contribution in [-0.2, 0) is 20.9 Å². The van der Waals surface area contributed by atoms with Crippen molar-refractivity contribution in [2.75, 3.05) is 19.7 Å². The largest absolute Gasteiger partial charge is 0.374 e. The lowest BCUT2D eigenvalue weighted by Gasteiger charge is -2.29. The molecule has 4 heterocycles. The molecule has 0 spiro atoms. The van der Waals surface area contributed by atoms with E-state index in [1.807, 2.05) is 19.9 Å². The molecule has 0 saturated carbocycles.